The van der Waals surface area contributed by atoms with Crippen molar-refractivity contribution in [3.8, 4) is 0 Å². The number of likely N-dealkylation sites (N-methyl/N-ethyl adjacent to an activating group) is 1. The molecule has 1 aliphatic rings. The van der Waals surface area contributed by atoms with Gasteiger partial charge in [0.05, 0.1) is 19.3 Å². The summed E-state index contributed by atoms with van der Waals surface area (Å²) in [7, 11) is 2.25. The monoisotopic (exact) mass is 537 g/mol. The van der Waals surface area contributed by atoms with E-state index in [1.807, 2.05) is 0 Å². The van der Waals surface area contributed by atoms with E-state index in [1.54, 1.807) is 0 Å². The predicted octanol–water partition coefficient (Wildman–Crippen LogP) is 8.93. The molecule has 0 N–H and O–H groups in total. The zero-order chi connectivity index (χ0) is 27.6. The van der Waals surface area contributed by atoms with E-state index < -0.39 is 5.72 Å². The smallest absolute Gasteiger partial charge is 0.150 e. The molecule has 0 aromatic heterocycles. The topological polar surface area (TPSA) is 30.9 Å². The number of benzene rings is 2. The largest absolute Gasteiger partial charge is 0.373 e. The van der Waals surface area contributed by atoms with E-state index in [0.29, 0.717) is 13.2 Å². The van der Waals surface area contributed by atoms with Crippen molar-refractivity contribution in [1.82, 2.24) is 4.90 Å². The highest BCUT2D eigenvalue weighted by atomic mass is 16.6. The molecule has 0 spiro atoms. The first-order valence-corrected chi connectivity index (χ1v) is 15.8. The summed E-state index contributed by atoms with van der Waals surface area (Å²) in [5.74, 6) is 0. The molecule has 1 saturated carbocycles. The maximum absolute atomic E-state index is 6.93. The van der Waals surface area contributed by atoms with Gasteiger partial charge in [0.15, 0.2) is 0 Å². The van der Waals surface area contributed by atoms with Crippen molar-refractivity contribution in [2.24, 2.45) is 0 Å². The molecule has 0 radical (unpaired) electrons. The molecule has 0 unspecified atom stereocenters. The molecule has 4 nitrogen and oxygen atoms in total. The Bertz CT molecular complexity index is 861. The fraction of sp³-hybridized carbons (Fsp3) is 0.657. The van der Waals surface area contributed by atoms with Crippen LogP contribution in [-0.2, 0) is 27.4 Å². The first kappa shape index (κ1) is 31.8. The summed E-state index contributed by atoms with van der Waals surface area (Å²) < 4.78 is 20.2. The second-order valence-corrected chi connectivity index (χ2v) is 11.4. The van der Waals surface area contributed by atoms with Gasteiger partial charge in [0.1, 0.15) is 11.8 Å². The summed E-state index contributed by atoms with van der Waals surface area (Å²) in [6.45, 7) is 7.59. The molecule has 0 aliphatic heterocycles. The van der Waals surface area contributed by atoms with Gasteiger partial charge < -0.3 is 14.2 Å². The van der Waals surface area contributed by atoms with Crippen molar-refractivity contribution in [2.75, 3.05) is 20.2 Å². The SMILES string of the molecule is CCCCCCCCN(C)[C@@]1(OCCCCCCC)C[C@H](OCc2ccccc2)C[C@@H]1OCc1ccccc1. The Morgan fingerprint density at radius 1 is 0.692 bits per heavy atom. The third kappa shape index (κ3) is 11.0. The Morgan fingerprint density at radius 3 is 1.85 bits per heavy atom. The van der Waals surface area contributed by atoms with Crippen LogP contribution in [0.15, 0.2) is 60.7 Å². The van der Waals surface area contributed by atoms with Crippen LogP contribution in [0.1, 0.15) is 108 Å². The molecule has 218 valence electrons. The van der Waals surface area contributed by atoms with E-state index in [-0.39, 0.29) is 12.2 Å². The number of ether oxygens (including phenoxy) is 3. The molecule has 39 heavy (non-hydrogen) atoms. The van der Waals surface area contributed by atoms with Crippen LogP contribution in [0.2, 0.25) is 0 Å². The molecule has 1 aliphatic carbocycles. The summed E-state index contributed by atoms with van der Waals surface area (Å²) in [4.78, 5) is 2.47. The van der Waals surface area contributed by atoms with Crippen LogP contribution in [0, 0.1) is 0 Å². The Balaban J connectivity index is 1.70. The highest BCUT2D eigenvalue weighted by Crippen LogP contribution is 2.41. The number of hydrogen-bond acceptors (Lipinski definition) is 4. The van der Waals surface area contributed by atoms with E-state index >= 15 is 0 Å². The van der Waals surface area contributed by atoms with Crippen LogP contribution < -0.4 is 0 Å². The second kappa shape index (κ2) is 18.6. The molecule has 0 amide bonds. The Kier molecular flexibility index (Phi) is 15.2. The molecular weight excluding hydrogens is 482 g/mol. The van der Waals surface area contributed by atoms with Crippen molar-refractivity contribution >= 4 is 0 Å². The zero-order valence-corrected chi connectivity index (χ0v) is 25.1. The lowest BCUT2D eigenvalue weighted by atomic mass is 10.1. The molecule has 0 saturated heterocycles. The van der Waals surface area contributed by atoms with Crippen LogP contribution >= 0.6 is 0 Å². The Hall–Kier alpha value is -1.72. The summed E-state index contributed by atoms with van der Waals surface area (Å²) >= 11 is 0. The summed E-state index contributed by atoms with van der Waals surface area (Å²) in [6.07, 6.45) is 15.8. The lowest BCUT2D eigenvalue weighted by molar-refractivity contribution is -0.211. The van der Waals surface area contributed by atoms with Crippen molar-refractivity contribution in [3.63, 3.8) is 0 Å². The van der Waals surface area contributed by atoms with Gasteiger partial charge >= 0.3 is 0 Å². The van der Waals surface area contributed by atoms with Crippen LogP contribution in [-0.4, -0.2) is 43.0 Å². The lowest BCUT2D eigenvalue weighted by Gasteiger charge is -2.43. The quantitative estimate of drug-likeness (QED) is 0.117. The molecule has 0 heterocycles. The molecule has 0 bridgehead atoms. The van der Waals surface area contributed by atoms with E-state index in [1.165, 1.54) is 75.3 Å². The summed E-state index contributed by atoms with van der Waals surface area (Å²) in [5.41, 5.74) is 1.97. The Morgan fingerprint density at radius 2 is 1.23 bits per heavy atom. The maximum atomic E-state index is 6.93. The molecular formula is C35H55NO3. The van der Waals surface area contributed by atoms with Crippen LogP contribution in [0.4, 0.5) is 0 Å². The van der Waals surface area contributed by atoms with Crippen molar-refractivity contribution in [1.29, 1.82) is 0 Å². The van der Waals surface area contributed by atoms with Crippen LogP contribution in [0.25, 0.3) is 0 Å². The fourth-order valence-corrected chi connectivity index (χ4v) is 5.79. The van der Waals surface area contributed by atoms with Gasteiger partial charge in [-0.15, -0.1) is 0 Å². The van der Waals surface area contributed by atoms with E-state index in [9.17, 15) is 0 Å². The fourth-order valence-electron chi connectivity index (χ4n) is 5.79. The van der Waals surface area contributed by atoms with Crippen LogP contribution in [0.3, 0.4) is 0 Å². The average molecular weight is 538 g/mol. The van der Waals surface area contributed by atoms with Gasteiger partial charge in [0.25, 0.3) is 0 Å². The van der Waals surface area contributed by atoms with Gasteiger partial charge in [-0.25, -0.2) is 0 Å². The van der Waals surface area contributed by atoms with E-state index in [0.717, 1.165) is 32.4 Å². The number of nitrogens with zero attached hydrogens (tertiary/aromatic N) is 1. The lowest BCUT2D eigenvalue weighted by Crippen LogP contribution is -2.55. The predicted molar refractivity (Wildman–Crippen MR) is 163 cm³/mol. The number of rotatable bonds is 21. The minimum Gasteiger partial charge on any atom is -0.373 e. The molecule has 3 rings (SSSR count). The van der Waals surface area contributed by atoms with Crippen molar-refractivity contribution in [2.45, 2.75) is 128 Å². The third-order valence-electron chi connectivity index (χ3n) is 8.22. The van der Waals surface area contributed by atoms with Gasteiger partial charge in [0.2, 0.25) is 0 Å². The van der Waals surface area contributed by atoms with Gasteiger partial charge in [-0.05, 0) is 31.0 Å². The number of hydrogen-bond donors (Lipinski definition) is 0. The first-order chi connectivity index (χ1) is 19.2. The van der Waals surface area contributed by atoms with Gasteiger partial charge in [-0.1, -0.05) is 132 Å². The molecule has 2 aromatic rings. The highest BCUT2D eigenvalue weighted by molar-refractivity contribution is 5.15. The minimum atomic E-state index is -0.454. The van der Waals surface area contributed by atoms with Crippen LogP contribution in [0.5, 0.6) is 0 Å². The van der Waals surface area contributed by atoms with Gasteiger partial charge in [-0.2, -0.15) is 0 Å². The molecule has 4 heteroatoms. The summed E-state index contributed by atoms with van der Waals surface area (Å²) in [6, 6.07) is 21.0. The van der Waals surface area contributed by atoms with E-state index in [4.69, 9.17) is 14.2 Å². The molecule has 1 fully saturated rings. The molecule has 2 aromatic carbocycles. The standard InChI is InChI=1S/C35H55NO3/c1-4-6-8-10-11-19-25-36(3)35(39-26-20-12-9-7-5-2)28-33(37-29-31-21-15-13-16-22-31)27-34(35)38-30-32-23-17-14-18-24-32/h13-18,21-24,33-34H,4-12,19-20,25-30H2,1-3H3/t33-,34+,35-/m1/s1. The summed E-state index contributed by atoms with van der Waals surface area (Å²) in [5, 5.41) is 0. The van der Waals surface area contributed by atoms with E-state index in [2.05, 4.69) is 86.5 Å². The third-order valence-corrected chi connectivity index (χ3v) is 8.22. The van der Waals surface area contributed by atoms with Gasteiger partial charge in [0, 0.05) is 26.0 Å². The first-order valence-electron chi connectivity index (χ1n) is 15.8. The van der Waals surface area contributed by atoms with Crippen molar-refractivity contribution < 1.29 is 14.2 Å². The second-order valence-electron chi connectivity index (χ2n) is 11.4. The van der Waals surface area contributed by atoms with Crippen molar-refractivity contribution in [3.05, 3.63) is 71.8 Å². The maximum Gasteiger partial charge on any atom is 0.150 e. The molecule has 3 atom stereocenters. The number of unbranched alkanes of at least 4 members (excludes halogenated alkanes) is 9. The zero-order valence-electron chi connectivity index (χ0n) is 25.1. The van der Waals surface area contributed by atoms with Gasteiger partial charge in [-0.3, -0.25) is 4.90 Å². The normalized spacial score (nSPS) is 21.1. The minimum absolute atomic E-state index is 0.0285. The highest BCUT2D eigenvalue weighted by Gasteiger charge is 2.52. The average Bonchev–Trinajstić information content (AvgIpc) is 3.34. The Labute approximate surface area is 239 Å².